The summed E-state index contributed by atoms with van der Waals surface area (Å²) in [5.41, 5.74) is 3.35. The quantitative estimate of drug-likeness (QED) is 0.274. The molecule has 1 aliphatic rings. The summed E-state index contributed by atoms with van der Waals surface area (Å²) < 4.78 is 31.3. The second-order valence-corrected chi connectivity index (χ2v) is 10.9. The van der Waals surface area contributed by atoms with Crippen LogP contribution in [-0.2, 0) is 22.6 Å². The monoisotopic (exact) mass is 521 g/mol. The summed E-state index contributed by atoms with van der Waals surface area (Å²) in [5.74, 6) is 0.928. The highest BCUT2D eigenvalue weighted by molar-refractivity contribution is 5.70. The predicted octanol–water partition coefficient (Wildman–Crippen LogP) is 6.30. The first-order valence-corrected chi connectivity index (χ1v) is 13.1. The van der Waals surface area contributed by atoms with Crippen molar-refractivity contribution in [2.75, 3.05) is 13.7 Å². The molecule has 0 aliphatic heterocycles. The molecule has 1 atom stereocenters. The van der Waals surface area contributed by atoms with Gasteiger partial charge in [0.2, 0.25) is 5.88 Å². The number of hydrogen-bond donors (Lipinski definition) is 0. The lowest BCUT2D eigenvalue weighted by molar-refractivity contribution is -0.143. The van der Waals surface area contributed by atoms with E-state index in [-0.39, 0.29) is 29.7 Å². The Bertz CT molecular complexity index is 1270. The van der Waals surface area contributed by atoms with Crippen LogP contribution in [0.2, 0.25) is 0 Å². The number of methoxy groups -OCH3 is 1. The van der Waals surface area contributed by atoms with Crippen LogP contribution >= 0.6 is 0 Å². The van der Waals surface area contributed by atoms with Crippen molar-refractivity contribution in [3.8, 4) is 22.8 Å². The van der Waals surface area contributed by atoms with Gasteiger partial charge in [-0.3, -0.25) is 4.79 Å². The normalized spacial score (nSPS) is 14.2. The fourth-order valence-corrected chi connectivity index (χ4v) is 4.54. The van der Waals surface area contributed by atoms with Crippen LogP contribution in [0.5, 0.6) is 11.6 Å². The van der Waals surface area contributed by atoms with E-state index in [0.29, 0.717) is 53.8 Å². The Morgan fingerprint density at radius 1 is 1.11 bits per heavy atom. The van der Waals surface area contributed by atoms with Crippen molar-refractivity contribution in [2.45, 2.75) is 65.9 Å². The third-order valence-corrected chi connectivity index (χ3v) is 6.49. The summed E-state index contributed by atoms with van der Waals surface area (Å²) in [7, 11) is 1.56. The molecule has 7 nitrogen and oxygen atoms in total. The number of halogens is 1. The Balaban J connectivity index is 1.55. The third kappa shape index (κ3) is 7.27. The van der Waals surface area contributed by atoms with Crippen LogP contribution in [-0.4, -0.2) is 34.6 Å². The highest BCUT2D eigenvalue weighted by Crippen LogP contribution is 2.44. The van der Waals surface area contributed by atoms with E-state index in [0.717, 1.165) is 24.2 Å². The van der Waals surface area contributed by atoms with Crippen molar-refractivity contribution < 1.29 is 23.4 Å². The minimum atomic E-state index is -0.335. The van der Waals surface area contributed by atoms with E-state index < -0.39 is 0 Å². The molecule has 0 bridgehead atoms. The molecule has 1 saturated carbocycles. The Morgan fingerprint density at radius 3 is 2.58 bits per heavy atom. The van der Waals surface area contributed by atoms with Gasteiger partial charge in [-0.2, -0.15) is 0 Å². The van der Waals surface area contributed by atoms with E-state index >= 15 is 0 Å². The zero-order valence-corrected chi connectivity index (χ0v) is 22.8. The average Bonchev–Trinajstić information content (AvgIpc) is 3.71. The lowest BCUT2D eigenvalue weighted by atomic mass is 9.87. The number of benzene rings is 1. The molecule has 2 aromatic heterocycles. The number of hydrogen-bond acceptors (Lipinski definition) is 7. The van der Waals surface area contributed by atoms with Crippen LogP contribution < -0.4 is 9.47 Å². The first-order valence-electron chi connectivity index (χ1n) is 13.1. The first kappa shape index (κ1) is 27.5. The van der Waals surface area contributed by atoms with Gasteiger partial charge in [0.1, 0.15) is 24.5 Å². The average molecular weight is 522 g/mol. The number of carbonyl (C=O) groups excluding carboxylic acids is 1. The number of nitrogens with zero attached hydrogens (tertiary/aromatic N) is 3. The van der Waals surface area contributed by atoms with E-state index in [2.05, 4.69) is 30.7 Å². The van der Waals surface area contributed by atoms with Crippen LogP contribution in [0.25, 0.3) is 11.1 Å². The van der Waals surface area contributed by atoms with E-state index in [4.69, 9.17) is 19.2 Å². The molecule has 1 fully saturated rings. The number of carbonyl (C=O) groups is 1. The van der Waals surface area contributed by atoms with Gasteiger partial charge < -0.3 is 14.2 Å². The van der Waals surface area contributed by atoms with Gasteiger partial charge in [-0.1, -0.05) is 20.8 Å². The maximum atomic E-state index is 14.8. The van der Waals surface area contributed by atoms with Gasteiger partial charge in [-0.25, -0.2) is 19.3 Å². The van der Waals surface area contributed by atoms with Gasteiger partial charge in [0, 0.05) is 28.8 Å². The lowest BCUT2D eigenvalue weighted by Gasteiger charge is -2.21. The van der Waals surface area contributed by atoms with Crippen LogP contribution in [0.3, 0.4) is 0 Å². The summed E-state index contributed by atoms with van der Waals surface area (Å²) in [5, 5.41) is 0. The first-order chi connectivity index (χ1) is 18.2. The molecule has 0 N–H and O–H groups in total. The molecule has 1 aromatic carbocycles. The summed E-state index contributed by atoms with van der Waals surface area (Å²) >= 11 is 0. The van der Waals surface area contributed by atoms with Gasteiger partial charge in [-0.05, 0) is 67.9 Å². The maximum Gasteiger partial charge on any atom is 0.306 e. The number of esters is 1. The van der Waals surface area contributed by atoms with Crippen molar-refractivity contribution in [1.82, 2.24) is 15.0 Å². The fourth-order valence-electron chi connectivity index (χ4n) is 4.54. The minimum absolute atomic E-state index is 0.0179. The summed E-state index contributed by atoms with van der Waals surface area (Å²) in [6.07, 6.45) is 4.63. The van der Waals surface area contributed by atoms with E-state index in [9.17, 15) is 9.18 Å². The largest absolute Gasteiger partial charge is 0.497 e. The molecule has 2 heterocycles. The Hall–Kier alpha value is -3.55. The molecule has 0 spiro atoms. The molecule has 4 rings (SSSR count). The van der Waals surface area contributed by atoms with Crippen molar-refractivity contribution in [3.63, 3.8) is 0 Å². The molecule has 38 heavy (non-hydrogen) atoms. The zero-order valence-electron chi connectivity index (χ0n) is 22.8. The van der Waals surface area contributed by atoms with Crippen LogP contribution in [0.15, 0.2) is 42.7 Å². The molecule has 0 radical (unpaired) electrons. The molecule has 8 heteroatoms. The van der Waals surface area contributed by atoms with E-state index in [1.54, 1.807) is 25.3 Å². The zero-order chi connectivity index (χ0) is 27.3. The van der Waals surface area contributed by atoms with Gasteiger partial charge in [0.05, 0.1) is 31.5 Å². The summed E-state index contributed by atoms with van der Waals surface area (Å²) in [6.45, 7) is 8.72. The Labute approximate surface area is 223 Å². The van der Waals surface area contributed by atoms with E-state index in [1.165, 1.54) is 12.4 Å². The van der Waals surface area contributed by atoms with Gasteiger partial charge in [-0.15, -0.1) is 0 Å². The molecular formula is C30H36FN3O4. The number of aromatic nitrogens is 3. The second-order valence-electron chi connectivity index (χ2n) is 10.9. The standard InChI is InChI=1S/C30H36FN3O4/c1-6-37-29(35)15-23(19-7-8-19)26-13-20(32-18-33-26)17-38-28-12-10-22(27(34-28)16-30(2,3)4)24-14-21(36-5)9-11-25(24)31/h9-14,18-19,23H,6-8,15-17H2,1-5H3. The second kappa shape index (κ2) is 11.9. The summed E-state index contributed by atoms with van der Waals surface area (Å²) in [4.78, 5) is 25.7. The Morgan fingerprint density at radius 2 is 1.89 bits per heavy atom. The van der Waals surface area contributed by atoms with Gasteiger partial charge in [0.15, 0.2) is 0 Å². The third-order valence-electron chi connectivity index (χ3n) is 6.49. The predicted molar refractivity (Wildman–Crippen MR) is 142 cm³/mol. The molecular weight excluding hydrogens is 485 g/mol. The van der Waals surface area contributed by atoms with Crippen LogP contribution in [0.1, 0.15) is 70.0 Å². The van der Waals surface area contributed by atoms with Gasteiger partial charge >= 0.3 is 5.97 Å². The number of rotatable bonds is 11. The van der Waals surface area contributed by atoms with Crippen molar-refractivity contribution >= 4 is 5.97 Å². The van der Waals surface area contributed by atoms with Crippen LogP contribution in [0.4, 0.5) is 4.39 Å². The van der Waals surface area contributed by atoms with Gasteiger partial charge in [0.25, 0.3) is 0 Å². The van der Waals surface area contributed by atoms with Crippen molar-refractivity contribution in [2.24, 2.45) is 11.3 Å². The Kier molecular flexibility index (Phi) is 8.59. The smallest absolute Gasteiger partial charge is 0.306 e. The highest BCUT2D eigenvalue weighted by atomic mass is 19.1. The molecule has 0 saturated heterocycles. The topological polar surface area (TPSA) is 83.4 Å². The minimum Gasteiger partial charge on any atom is -0.497 e. The van der Waals surface area contributed by atoms with E-state index in [1.807, 2.05) is 19.1 Å². The molecule has 202 valence electrons. The fraction of sp³-hybridized carbons (Fsp3) is 0.467. The van der Waals surface area contributed by atoms with Crippen molar-refractivity contribution in [3.05, 3.63) is 65.6 Å². The maximum absolute atomic E-state index is 14.8. The highest BCUT2D eigenvalue weighted by Gasteiger charge is 2.35. The molecule has 3 aromatic rings. The van der Waals surface area contributed by atoms with Crippen molar-refractivity contribution in [1.29, 1.82) is 0 Å². The molecule has 0 amide bonds. The lowest BCUT2D eigenvalue weighted by Crippen LogP contribution is -2.14. The summed E-state index contributed by atoms with van der Waals surface area (Å²) in [6, 6.07) is 10.2. The number of pyridine rings is 1. The van der Waals surface area contributed by atoms with Crippen LogP contribution in [0, 0.1) is 17.2 Å². The SMILES string of the molecule is CCOC(=O)CC(c1cc(COc2ccc(-c3cc(OC)ccc3F)c(CC(C)(C)C)n2)ncn1)C1CC1. The molecule has 1 aliphatic carbocycles. The number of ether oxygens (including phenoxy) is 3. The molecule has 1 unspecified atom stereocenters.